The van der Waals surface area contributed by atoms with Crippen molar-refractivity contribution >= 4 is 52.7 Å². The number of phenolic OH excluding ortho intramolecular Hbond substituents is 1. The lowest BCUT2D eigenvalue weighted by Gasteiger charge is -2.31. The van der Waals surface area contributed by atoms with Gasteiger partial charge in [0, 0.05) is 68.4 Å². The second-order valence-corrected chi connectivity index (χ2v) is 15.0. The van der Waals surface area contributed by atoms with Crippen molar-refractivity contribution in [1.82, 2.24) is 15.5 Å². The summed E-state index contributed by atoms with van der Waals surface area (Å²) in [5.74, 6) is -0.136. The van der Waals surface area contributed by atoms with Crippen molar-refractivity contribution in [2.24, 2.45) is 0 Å². The normalized spacial score (nSPS) is 14.4. The number of halogens is 1. The van der Waals surface area contributed by atoms with Crippen LogP contribution in [-0.2, 0) is 25.6 Å². The standard InChI is InChI=1S/C44H51ClN6O10/c1-58-38-24-35(33(45)23-29(38)25-46-26-37(53)32-14-15-36(52)41-42(32)60-27-40(55)50-41)48-39(54)13-7-8-18-47-43(56)59-22-21-51-19-16-30(17-20-51)61-44(57)49-34-12-6-5-11-31(34)28-9-3-2-4-10-28/h2-6,9-12,14-15,23-24,30,37,46,52-53H,7-8,13,16-22,25-27H2,1H3,(H,47,56)(H,48,54)(H,49,57)(H,50,55)/t37-/m0/s1. The van der Waals surface area contributed by atoms with Crippen LogP contribution in [0.25, 0.3) is 11.1 Å². The molecule has 0 unspecified atom stereocenters. The molecule has 2 aliphatic heterocycles. The van der Waals surface area contributed by atoms with Crippen LogP contribution in [0, 0.1) is 0 Å². The Morgan fingerprint density at radius 1 is 0.967 bits per heavy atom. The number of aromatic hydroxyl groups is 1. The Kier molecular flexibility index (Phi) is 16.0. The third-order valence-electron chi connectivity index (χ3n) is 10.2. The average molecular weight is 859 g/mol. The molecule has 2 aliphatic rings. The first-order chi connectivity index (χ1) is 29.6. The van der Waals surface area contributed by atoms with Crippen LogP contribution in [-0.4, -0.2) is 98.3 Å². The van der Waals surface area contributed by atoms with Crippen LogP contribution < -0.4 is 36.1 Å². The molecular weight excluding hydrogens is 808 g/mol. The molecule has 1 fully saturated rings. The minimum Gasteiger partial charge on any atom is -0.506 e. The van der Waals surface area contributed by atoms with Gasteiger partial charge in [-0.1, -0.05) is 60.1 Å². The van der Waals surface area contributed by atoms with Gasteiger partial charge in [-0.15, -0.1) is 0 Å². The number of hydrogen-bond acceptors (Lipinski definition) is 12. The maximum atomic E-state index is 12.7. The quantitative estimate of drug-likeness (QED) is 0.0427. The molecule has 0 aliphatic carbocycles. The van der Waals surface area contributed by atoms with Gasteiger partial charge >= 0.3 is 12.2 Å². The minimum absolute atomic E-state index is 0.104. The fourth-order valence-electron chi connectivity index (χ4n) is 7.05. The summed E-state index contributed by atoms with van der Waals surface area (Å²) in [7, 11) is 1.50. The number of unbranched alkanes of at least 4 members (excludes halogenated alkanes) is 1. The number of aliphatic hydroxyl groups is 1. The number of amides is 4. The molecule has 1 atom stereocenters. The van der Waals surface area contributed by atoms with E-state index in [1.54, 1.807) is 12.1 Å². The van der Waals surface area contributed by atoms with Crippen LogP contribution in [0.5, 0.6) is 17.2 Å². The number of anilines is 3. The van der Waals surface area contributed by atoms with Crippen molar-refractivity contribution in [2.45, 2.75) is 50.9 Å². The van der Waals surface area contributed by atoms with Crippen molar-refractivity contribution in [1.29, 1.82) is 0 Å². The molecule has 4 aromatic rings. The maximum Gasteiger partial charge on any atom is 0.411 e. The number of methoxy groups -OCH3 is 1. The number of rotatable bonds is 18. The lowest BCUT2D eigenvalue weighted by atomic mass is 10.0. The molecule has 0 saturated carbocycles. The summed E-state index contributed by atoms with van der Waals surface area (Å²) in [6, 6.07) is 23.6. The van der Waals surface area contributed by atoms with E-state index < -0.39 is 24.2 Å². The van der Waals surface area contributed by atoms with Crippen molar-refractivity contribution in [2.75, 3.05) is 69.0 Å². The van der Waals surface area contributed by atoms with E-state index in [2.05, 4.69) is 31.5 Å². The second kappa shape index (κ2) is 22.0. The van der Waals surface area contributed by atoms with Gasteiger partial charge in [-0.05, 0) is 55.5 Å². The Balaban J connectivity index is 0.822. The van der Waals surface area contributed by atoms with E-state index in [0.29, 0.717) is 85.1 Å². The fourth-order valence-corrected chi connectivity index (χ4v) is 7.28. The van der Waals surface area contributed by atoms with Crippen LogP contribution in [0.4, 0.5) is 26.7 Å². The Morgan fingerprint density at radius 3 is 2.52 bits per heavy atom. The van der Waals surface area contributed by atoms with Crippen LogP contribution in [0.3, 0.4) is 0 Å². The summed E-state index contributed by atoms with van der Waals surface area (Å²) in [5.41, 5.74) is 4.19. The molecule has 17 heteroatoms. The van der Waals surface area contributed by atoms with Gasteiger partial charge in [-0.25, -0.2) is 9.59 Å². The number of nitrogens with one attached hydrogen (secondary N) is 5. The van der Waals surface area contributed by atoms with Gasteiger partial charge in [0.1, 0.15) is 29.9 Å². The molecule has 6 rings (SSSR count). The number of carbonyl (C=O) groups is 4. The van der Waals surface area contributed by atoms with Gasteiger partial charge in [-0.3, -0.25) is 19.8 Å². The van der Waals surface area contributed by atoms with Crippen molar-refractivity contribution in [3.05, 3.63) is 95.0 Å². The van der Waals surface area contributed by atoms with Gasteiger partial charge in [0.25, 0.3) is 5.91 Å². The van der Waals surface area contributed by atoms with Gasteiger partial charge in [0.2, 0.25) is 5.91 Å². The molecular formula is C44H51ClN6O10. The number of fused-ring (bicyclic) bond motifs is 1. The SMILES string of the molecule is COc1cc(NC(=O)CCCCNC(=O)OCCN2CCC(OC(=O)Nc3ccccc3-c3ccccc3)CC2)c(Cl)cc1CNC[C@H](O)c1ccc(O)c2c1OCC(=O)N2. The highest BCUT2D eigenvalue weighted by molar-refractivity contribution is 6.33. The maximum absolute atomic E-state index is 12.7. The number of carbonyl (C=O) groups excluding carboxylic acids is 4. The van der Waals surface area contributed by atoms with Crippen molar-refractivity contribution in [3.63, 3.8) is 0 Å². The van der Waals surface area contributed by atoms with Gasteiger partial charge < -0.3 is 50.4 Å². The molecule has 61 heavy (non-hydrogen) atoms. The van der Waals surface area contributed by atoms with E-state index in [0.717, 1.165) is 11.1 Å². The highest BCUT2D eigenvalue weighted by atomic mass is 35.5. The Hall–Kier alpha value is -6.07. The molecule has 2 heterocycles. The number of likely N-dealkylation sites (tertiary alicyclic amines) is 1. The number of piperidine rings is 1. The summed E-state index contributed by atoms with van der Waals surface area (Å²) in [6.07, 6.45) is 0.387. The lowest BCUT2D eigenvalue weighted by Crippen LogP contribution is -2.40. The minimum atomic E-state index is -1.02. The number of aliphatic hydroxyl groups excluding tert-OH is 1. The lowest BCUT2D eigenvalue weighted by molar-refractivity contribution is -0.119. The smallest absolute Gasteiger partial charge is 0.411 e. The molecule has 0 spiro atoms. The van der Waals surface area contributed by atoms with Crippen LogP contribution in [0.15, 0.2) is 78.9 Å². The molecule has 7 N–H and O–H groups in total. The molecule has 4 amide bonds. The summed E-state index contributed by atoms with van der Waals surface area (Å²) in [5, 5.41) is 35.4. The molecule has 0 bridgehead atoms. The highest BCUT2D eigenvalue weighted by Gasteiger charge is 2.26. The molecule has 0 aromatic heterocycles. The number of ether oxygens (including phenoxy) is 4. The summed E-state index contributed by atoms with van der Waals surface area (Å²) >= 11 is 6.52. The monoisotopic (exact) mass is 858 g/mol. The zero-order chi connectivity index (χ0) is 43.1. The van der Waals surface area contributed by atoms with E-state index in [4.69, 9.17) is 30.5 Å². The predicted molar refractivity (Wildman–Crippen MR) is 230 cm³/mol. The topological polar surface area (TPSA) is 209 Å². The molecule has 4 aromatic carbocycles. The van der Waals surface area contributed by atoms with E-state index in [-0.39, 0.29) is 61.9 Å². The fraction of sp³-hybridized carbons (Fsp3) is 0.364. The third kappa shape index (κ3) is 12.7. The van der Waals surface area contributed by atoms with Crippen LogP contribution in [0.2, 0.25) is 5.02 Å². The second-order valence-electron chi connectivity index (χ2n) is 14.6. The zero-order valence-corrected chi connectivity index (χ0v) is 34.6. The van der Waals surface area contributed by atoms with Crippen LogP contribution >= 0.6 is 11.6 Å². The van der Waals surface area contributed by atoms with E-state index in [1.165, 1.54) is 19.2 Å². The first-order valence-corrected chi connectivity index (χ1v) is 20.5. The molecule has 0 radical (unpaired) electrons. The van der Waals surface area contributed by atoms with Gasteiger partial charge in [0.05, 0.1) is 29.6 Å². The van der Waals surface area contributed by atoms with Crippen LogP contribution in [0.1, 0.15) is 49.3 Å². The van der Waals surface area contributed by atoms with Gasteiger partial charge in [0.15, 0.2) is 12.4 Å². The zero-order valence-electron chi connectivity index (χ0n) is 33.8. The van der Waals surface area contributed by atoms with E-state index in [1.807, 2.05) is 54.6 Å². The first kappa shape index (κ1) is 44.5. The number of para-hydroxylation sites is 1. The predicted octanol–water partition coefficient (Wildman–Crippen LogP) is 6.42. The molecule has 16 nitrogen and oxygen atoms in total. The molecule has 1 saturated heterocycles. The Labute approximate surface area is 358 Å². The highest BCUT2D eigenvalue weighted by Crippen LogP contribution is 2.41. The first-order valence-electron chi connectivity index (χ1n) is 20.2. The largest absolute Gasteiger partial charge is 0.506 e. The number of nitrogens with zero attached hydrogens (tertiary/aromatic N) is 1. The Morgan fingerprint density at radius 2 is 1.74 bits per heavy atom. The van der Waals surface area contributed by atoms with E-state index in [9.17, 15) is 29.4 Å². The Bertz CT molecular complexity index is 2150. The van der Waals surface area contributed by atoms with E-state index >= 15 is 0 Å². The summed E-state index contributed by atoms with van der Waals surface area (Å²) in [4.78, 5) is 51.6. The molecule has 324 valence electrons. The third-order valence-corrected chi connectivity index (χ3v) is 10.5. The van der Waals surface area contributed by atoms with Crippen molar-refractivity contribution < 1.29 is 48.3 Å². The summed E-state index contributed by atoms with van der Waals surface area (Å²) in [6.45, 7) is 2.69. The summed E-state index contributed by atoms with van der Waals surface area (Å²) < 4.78 is 22.1. The number of hydrogen-bond donors (Lipinski definition) is 7. The average Bonchev–Trinajstić information content (AvgIpc) is 3.25. The van der Waals surface area contributed by atoms with Crippen molar-refractivity contribution in [3.8, 4) is 28.4 Å². The number of alkyl carbamates (subject to hydrolysis) is 1. The van der Waals surface area contributed by atoms with Gasteiger partial charge in [-0.2, -0.15) is 0 Å². The number of phenols is 1. The number of benzene rings is 4.